The van der Waals surface area contributed by atoms with Crippen LogP contribution in [0.2, 0.25) is 0 Å². The minimum absolute atomic E-state index is 0.287. The van der Waals surface area contributed by atoms with E-state index in [2.05, 4.69) is 15.4 Å². The van der Waals surface area contributed by atoms with Crippen molar-refractivity contribution in [2.45, 2.75) is 19.5 Å². The van der Waals surface area contributed by atoms with E-state index in [1.807, 2.05) is 41.5 Å². The second kappa shape index (κ2) is 8.95. The number of H-pyrrole nitrogens is 2. The van der Waals surface area contributed by atoms with E-state index in [9.17, 15) is 18.8 Å². The lowest BCUT2D eigenvalue weighted by atomic mass is 10.0. The number of nitrogen functional groups attached to an aromatic ring is 1. The van der Waals surface area contributed by atoms with Gasteiger partial charge in [0.25, 0.3) is 11.5 Å². The Bertz CT molecular complexity index is 1440. The third-order valence-corrected chi connectivity index (χ3v) is 5.14. The molecule has 0 bridgehead atoms. The third-order valence-electron chi connectivity index (χ3n) is 5.14. The zero-order chi connectivity index (χ0) is 23.5. The summed E-state index contributed by atoms with van der Waals surface area (Å²) in [6.07, 6.45) is 3.57. The van der Waals surface area contributed by atoms with Crippen LogP contribution in [-0.2, 0) is 6.54 Å². The van der Waals surface area contributed by atoms with Gasteiger partial charge in [0, 0.05) is 11.8 Å². The number of aromatic nitrogens is 4. The number of rotatable bonds is 6. The molecule has 1 atom stereocenters. The Balaban J connectivity index is 1.51. The van der Waals surface area contributed by atoms with E-state index in [1.54, 1.807) is 23.9 Å². The summed E-state index contributed by atoms with van der Waals surface area (Å²) in [5.41, 5.74) is 6.67. The minimum atomic E-state index is -0.825. The van der Waals surface area contributed by atoms with Crippen LogP contribution in [0, 0.1) is 5.82 Å². The summed E-state index contributed by atoms with van der Waals surface area (Å²) in [7, 11) is 0. The van der Waals surface area contributed by atoms with E-state index < -0.39 is 23.2 Å². The van der Waals surface area contributed by atoms with Crippen molar-refractivity contribution in [3.63, 3.8) is 0 Å². The van der Waals surface area contributed by atoms with Gasteiger partial charge in [-0.2, -0.15) is 5.10 Å². The molecule has 0 aliphatic carbocycles. The van der Waals surface area contributed by atoms with Crippen LogP contribution < -0.4 is 22.3 Å². The molecule has 0 aliphatic rings. The number of hydrogen-bond acceptors (Lipinski definition) is 5. The van der Waals surface area contributed by atoms with Crippen LogP contribution in [-0.4, -0.2) is 25.7 Å². The first-order valence-corrected chi connectivity index (χ1v) is 10.1. The highest BCUT2D eigenvalue weighted by atomic mass is 19.1. The van der Waals surface area contributed by atoms with E-state index in [4.69, 9.17) is 5.73 Å². The lowest BCUT2D eigenvalue weighted by Crippen LogP contribution is -2.34. The van der Waals surface area contributed by atoms with Crippen molar-refractivity contribution in [2.75, 3.05) is 5.73 Å². The van der Waals surface area contributed by atoms with Gasteiger partial charge in [-0.15, -0.1) is 0 Å². The lowest BCUT2D eigenvalue weighted by Gasteiger charge is -2.15. The summed E-state index contributed by atoms with van der Waals surface area (Å²) in [5.74, 6) is -0.967. The standard InChI is InChI=1S/C23H21FN6O3/c1-13(27-22(32)20-19(25)21(31)29-23(33)28-20)15-5-3-6-16(9-15)17-10-26-30(12-17)11-14-4-2-7-18(24)8-14/h2-10,12-13H,11,25H2,1H3,(H,27,32)(H2,28,29,31,33). The van der Waals surface area contributed by atoms with Gasteiger partial charge >= 0.3 is 5.69 Å². The molecule has 2 aromatic heterocycles. The van der Waals surface area contributed by atoms with Crippen molar-refractivity contribution in [1.29, 1.82) is 0 Å². The molecule has 4 aromatic rings. The van der Waals surface area contributed by atoms with Crippen molar-refractivity contribution in [3.05, 3.63) is 104 Å². The quantitative estimate of drug-likeness (QED) is 0.358. The molecule has 0 saturated carbocycles. The number of halogens is 1. The number of nitrogens with one attached hydrogen (secondary N) is 3. The van der Waals surface area contributed by atoms with Gasteiger partial charge in [0.2, 0.25) is 0 Å². The number of benzene rings is 2. The highest BCUT2D eigenvalue weighted by Crippen LogP contribution is 2.23. The normalized spacial score (nSPS) is 11.8. The molecule has 5 N–H and O–H groups in total. The predicted molar refractivity (Wildman–Crippen MR) is 121 cm³/mol. The average molecular weight is 448 g/mol. The highest BCUT2D eigenvalue weighted by molar-refractivity contribution is 5.97. The van der Waals surface area contributed by atoms with Gasteiger partial charge in [-0.1, -0.05) is 30.3 Å². The zero-order valence-corrected chi connectivity index (χ0v) is 17.6. The third kappa shape index (κ3) is 4.90. The molecule has 9 nitrogen and oxygen atoms in total. The van der Waals surface area contributed by atoms with Crippen molar-refractivity contribution in [1.82, 2.24) is 25.1 Å². The van der Waals surface area contributed by atoms with Crippen LogP contribution in [0.1, 0.15) is 34.6 Å². The predicted octanol–water partition coefficient (Wildman–Crippen LogP) is 2.19. The van der Waals surface area contributed by atoms with Gasteiger partial charge in [0.15, 0.2) is 0 Å². The average Bonchev–Trinajstić information content (AvgIpc) is 3.24. The highest BCUT2D eigenvalue weighted by Gasteiger charge is 2.17. The monoisotopic (exact) mass is 448 g/mol. The Labute approximate surface area is 187 Å². The molecule has 0 fully saturated rings. The molecule has 10 heteroatoms. The molecule has 168 valence electrons. The summed E-state index contributed by atoms with van der Waals surface area (Å²) in [5, 5.41) is 7.08. The minimum Gasteiger partial charge on any atom is -0.392 e. The Kier molecular flexibility index (Phi) is 5.90. The summed E-state index contributed by atoms with van der Waals surface area (Å²) in [6, 6.07) is 13.4. The van der Waals surface area contributed by atoms with Crippen LogP contribution in [0.5, 0.6) is 0 Å². The SMILES string of the molecule is CC(NC(=O)c1[nH]c(=O)[nH]c(=O)c1N)c1cccc(-c2cnn(Cc3cccc(F)c3)c2)c1. The van der Waals surface area contributed by atoms with Crippen molar-refractivity contribution < 1.29 is 9.18 Å². The molecule has 1 unspecified atom stereocenters. The first kappa shape index (κ1) is 21.8. The number of nitrogens with zero attached hydrogens (tertiary/aromatic N) is 2. The number of carbonyl (C=O) groups is 1. The van der Waals surface area contributed by atoms with Crippen LogP contribution in [0.4, 0.5) is 10.1 Å². The molecule has 0 aliphatic heterocycles. The van der Waals surface area contributed by atoms with Gasteiger partial charge in [0.05, 0.1) is 18.8 Å². The lowest BCUT2D eigenvalue weighted by molar-refractivity contribution is 0.0935. The van der Waals surface area contributed by atoms with Gasteiger partial charge in [0.1, 0.15) is 17.2 Å². The van der Waals surface area contributed by atoms with Gasteiger partial charge in [-0.05, 0) is 41.8 Å². The Hall–Kier alpha value is -4.47. The van der Waals surface area contributed by atoms with Crippen molar-refractivity contribution in [3.8, 4) is 11.1 Å². The van der Waals surface area contributed by atoms with Crippen LogP contribution >= 0.6 is 0 Å². The molecule has 0 saturated heterocycles. The summed E-state index contributed by atoms with van der Waals surface area (Å²) < 4.78 is 15.1. The Morgan fingerprint density at radius 2 is 1.94 bits per heavy atom. The van der Waals surface area contributed by atoms with Crippen LogP contribution in [0.15, 0.2) is 70.5 Å². The van der Waals surface area contributed by atoms with Gasteiger partial charge in [-0.25, -0.2) is 9.18 Å². The summed E-state index contributed by atoms with van der Waals surface area (Å²) in [6.45, 7) is 2.20. The first-order chi connectivity index (χ1) is 15.8. The van der Waals surface area contributed by atoms with Crippen molar-refractivity contribution in [2.24, 2.45) is 0 Å². The number of carbonyl (C=O) groups excluding carboxylic acids is 1. The number of nitrogens with two attached hydrogens (primary N) is 1. The molecular weight excluding hydrogens is 427 g/mol. The van der Waals surface area contributed by atoms with E-state index in [-0.39, 0.29) is 17.2 Å². The van der Waals surface area contributed by atoms with Gasteiger partial charge in [-0.3, -0.25) is 19.3 Å². The smallest absolute Gasteiger partial charge is 0.326 e. The fraction of sp³-hybridized carbons (Fsp3) is 0.130. The van der Waals surface area contributed by atoms with Gasteiger partial charge < -0.3 is 16.0 Å². The molecular formula is C23H21FN6O3. The molecule has 1 amide bonds. The summed E-state index contributed by atoms with van der Waals surface area (Å²) >= 11 is 0. The van der Waals surface area contributed by atoms with E-state index in [0.29, 0.717) is 6.54 Å². The van der Waals surface area contributed by atoms with E-state index >= 15 is 0 Å². The molecule has 4 rings (SSSR count). The maximum Gasteiger partial charge on any atom is 0.326 e. The number of amides is 1. The number of aromatic amines is 2. The van der Waals surface area contributed by atoms with Crippen LogP contribution in [0.3, 0.4) is 0 Å². The maximum absolute atomic E-state index is 13.4. The number of hydrogen-bond donors (Lipinski definition) is 4. The summed E-state index contributed by atoms with van der Waals surface area (Å²) in [4.78, 5) is 39.9. The first-order valence-electron chi connectivity index (χ1n) is 10.1. The van der Waals surface area contributed by atoms with E-state index in [1.165, 1.54) is 12.1 Å². The number of anilines is 1. The largest absolute Gasteiger partial charge is 0.392 e. The fourth-order valence-corrected chi connectivity index (χ4v) is 3.44. The second-order valence-electron chi connectivity index (χ2n) is 7.57. The maximum atomic E-state index is 13.4. The van der Waals surface area contributed by atoms with E-state index in [0.717, 1.165) is 22.3 Å². The topological polar surface area (TPSA) is 139 Å². The molecule has 33 heavy (non-hydrogen) atoms. The Morgan fingerprint density at radius 3 is 2.73 bits per heavy atom. The second-order valence-corrected chi connectivity index (χ2v) is 7.57. The van der Waals surface area contributed by atoms with Crippen molar-refractivity contribution >= 4 is 11.6 Å². The van der Waals surface area contributed by atoms with Crippen LogP contribution in [0.25, 0.3) is 11.1 Å². The molecule has 0 spiro atoms. The Morgan fingerprint density at radius 1 is 1.15 bits per heavy atom. The molecule has 0 radical (unpaired) electrons. The molecule has 2 aromatic carbocycles. The zero-order valence-electron chi connectivity index (χ0n) is 17.6. The molecule has 2 heterocycles. The fourth-order valence-electron chi connectivity index (χ4n) is 3.44.